The minimum Gasteiger partial charge on any atom is -0.508 e. The van der Waals surface area contributed by atoms with Gasteiger partial charge in [0.25, 0.3) is 0 Å². The second kappa shape index (κ2) is 4.61. The van der Waals surface area contributed by atoms with Gasteiger partial charge in [-0.05, 0) is 39.8 Å². The van der Waals surface area contributed by atoms with Gasteiger partial charge in [0.2, 0.25) is 0 Å². The number of hydrogen-bond donors (Lipinski definition) is 1. The summed E-state index contributed by atoms with van der Waals surface area (Å²) in [6.45, 7) is 6.96. The van der Waals surface area contributed by atoms with E-state index in [1.807, 2.05) is 0 Å². The second-order valence-electron chi connectivity index (χ2n) is 5.98. The molecule has 2 rings (SSSR count). The number of alkyl halides is 3. The molecule has 1 aromatic rings. The first-order valence-corrected chi connectivity index (χ1v) is 6.30. The van der Waals surface area contributed by atoms with E-state index >= 15 is 0 Å². The maximum Gasteiger partial charge on any atom is 0.498 e. The van der Waals surface area contributed by atoms with Gasteiger partial charge in [-0.15, -0.1) is 0 Å². The number of rotatable bonds is 1. The Morgan fingerprint density at radius 3 is 1.95 bits per heavy atom. The molecular weight excluding hydrogens is 291 g/mol. The zero-order valence-corrected chi connectivity index (χ0v) is 12.0. The summed E-state index contributed by atoms with van der Waals surface area (Å²) in [4.78, 5) is 0. The number of hydrogen-bond acceptors (Lipinski definition) is 3. The van der Waals surface area contributed by atoms with Crippen molar-refractivity contribution < 1.29 is 32.0 Å². The normalized spacial score (nSPS) is 20.9. The van der Waals surface area contributed by atoms with Gasteiger partial charge in [0.05, 0.1) is 16.8 Å². The molecule has 3 nitrogen and oxygen atoms in total. The summed E-state index contributed by atoms with van der Waals surface area (Å²) >= 11 is 0. The number of halogens is 4. The van der Waals surface area contributed by atoms with Crippen LogP contribution in [0.1, 0.15) is 33.3 Å². The highest BCUT2D eigenvalue weighted by atomic mass is 19.4. The Bertz CT molecular complexity index is 553. The predicted octanol–water partition coefficient (Wildman–Crippen LogP) is 2.85. The van der Waals surface area contributed by atoms with Crippen LogP contribution in [-0.2, 0) is 15.5 Å². The topological polar surface area (TPSA) is 38.7 Å². The first kappa shape index (κ1) is 16.1. The van der Waals surface area contributed by atoms with E-state index in [4.69, 9.17) is 9.31 Å². The number of phenolic OH excluding ortho intramolecular Hbond substituents is 1. The number of phenols is 1. The highest BCUT2D eigenvalue weighted by Crippen LogP contribution is 2.38. The van der Waals surface area contributed by atoms with Gasteiger partial charge in [-0.3, -0.25) is 0 Å². The molecule has 0 aliphatic carbocycles. The lowest BCUT2D eigenvalue weighted by atomic mass is 9.77. The van der Waals surface area contributed by atoms with Crippen molar-refractivity contribution in [2.24, 2.45) is 0 Å². The van der Waals surface area contributed by atoms with E-state index in [-0.39, 0.29) is 5.46 Å². The molecule has 1 aliphatic rings. The van der Waals surface area contributed by atoms with Crippen molar-refractivity contribution in [1.29, 1.82) is 0 Å². The molecular formula is C13H15BF4O3. The Labute approximate surface area is 120 Å². The van der Waals surface area contributed by atoms with E-state index in [2.05, 4.69) is 0 Å². The minimum absolute atomic E-state index is 0.167. The Morgan fingerprint density at radius 2 is 1.52 bits per heavy atom. The lowest BCUT2D eigenvalue weighted by Gasteiger charge is -2.32. The first-order chi connectivity index (χ1) is 9.35. The lowest BCUT2D eigenvalue weighted by Crippen LogP contribution is -2.41. The van der Waals surface area contributed by atoms with Crippen molar-refractivity contribution in [2.45, 2.75) is 45.1 Å². The van der Waals surface area contributed by atoms with Crippen molar-refractivity contribution in [2.75, 3.05) is 0 Å². The van der Waals surface area contributed by atoms with Gasteiger partial charge in [-0.2, -0.15) is 13.2 Å². The fourth-order valence-corrected chi connectivity index (χ4v) is 1.95. The number of benzene rings is 1. The van der Waals surface area contributed by atoms with E-state index in [9.17, 15) is 22.7 Å². The molecule has 0 unspecified atom stereocenters. The first-order valence-electron chi connectivity index (χ1n) is 6.30. The van der Waals surface area contributed by atoms with E-state index in [0.717, 1.165) is 0 Å². The standard InChI is InChI=1S/C13H15BF4O3/c1-11(2)12(3,4)21-14(20-11)8-6-9(15)7(5-10(8)19)13(16,17)18/h5-6,19H,1-4H3. The molecule has 116 valence electrons. The maximum atomic E-state index is 13.6. The summed E-state index contributed by atoms with van der Waals surface area (Å²) in [5, 5.41) is 9.75. The van der Waals surface area contributed by atoms with Crippen LogP contribution in [0.25, 0.3) is 0 Å². The van der Waals surface area contributed by atoms with E-state index in [1.54, 1.807) is 27.7 Å². The van der Waals surface area contributed by atoms with E-state index < -0.39 is 41.6 Å². The smallest absolute Gasteiger partial charge is 0.498 e. The van der Waals surface area contributed by atoms with Crippen molar-refractivity contribution in [3.05, 3.63) is 23.5 Å². The Hall–Kier alpha value is -1.28. The minimum atomic E-state index is -4.88. The summed E-state index contributed by atoms with van der Waals surface area (Å²) in [6, 6.07) is 0.940. The molecule has 0 saturated carbocycles. The van der Waals surface area contributed by atoms with Crippen LogP contribution in [0.4, 0.5) is 17.6 Å². The van der Waals surface area contributed by atoms with Crippen LogP contribution in [-0.4, -0.2) is 23.4 Å². The summed E-state index contributed by atoms with van der Waals surface area (Å²) in [7, 11) is -1.13. The summed E-state index contributed by atoms with van der Waals surface area (Å²) < 4.78 is 62.5. The van der Waals surface area contributed by atoms with Crippen molar-refractivity contribution >= 4 is 12.6 Å². The molecule has 1 N–H and O–H groups in total. The average Bonchev–Trinajstić information content (AvgIpc) is 2.49. The van der Waals surface area contributed by atoms with Crippen molar-refractivity contribution in [3.63, 3.8) is 0 Å². The zero-order valence-electron chi connectivity index (χ0n) is 12.0. The molecule has 21 heavy (non-hydrogen) atoms. The molecule has 8 heteroatoms. The molecule has 0 radical (unpaired) electrons. The van der Waals surface area contributed by atoms with Crippen molar-refractivity contribution in [1.82, 2.24) is 0 Å². The molecule has 0 amide bonds. The predicted molar refractivity (Wildman–Crippen MR) is 68.8 cm³/mol. The molecule has 1 fully saturated rings. The van der Waals surface area contributed by atoms with Crippen molar-refractivity contribution in [3.8, 4) is 5.75 Å². The fraction of sp³-hybridized carbons (Fsp3) is 0.538. The third-order valence-corrected chi connectivity index (χ3v) is 3.93. The quantitative estimate of drug-likeness (QED) is 0.640. The summed E-state index contributed by atoms with van der Waals surface area (Å²) in [6.07, 6.45) is -4.88. The van der Waals surface area contributed by atoms with Crippen LogP contribution >= 0.6 is 0 Å². The molecule has 0 spiro atoms. The molecule has 0 bridgehead atoms. The van der Waals surface area contributed by atoms with Gasteiger partial charge in [0, 0.05) is 5.46 Å². The highest BCUT2D eigenvalue weighted by Gasteiger charge is 2.52. The zero-order chi connectivity index (χ0) is 16.2. The molecule has 1 saturated heterocycles. The molecule has 0 aromatic heterocycles. The Balaban J connectivity index is 2.42. The van der Waals surface area contributed by atoms with E-state index in [1.165, 1.54) is 0 Å². The monoisotopic (exact) mass is 306 g/mol. The van der Waals surface area contributed by atoms with Gasteiger partial charge in [-0.1, -0.05) is 0 Å². The maximum absolute atomic E-state index is 13.6. The molecule has 1 aliphatic heterocycles. The third kappa shape index (κ3) is 2.74. The lowest BCUT2D eigenvalue weighted by molar-refractivity contribution is -0.140. The summed E-state index contributed by atoms with van der Waals surface area (Å²) in [5.41, 5.74) is -3.19. The molecule has 1 heterocycles. The Morgan fingerprint density at radius 1 is 1.05 bits per heavy atom. The van der Waals surface area contributed by atoms with Gasteiger partial charge in [0.1, 0.15) is 11.6 Å². The fourth-order valence-electron chi connectivity index (χ4n) is 1.95. The van der Waals surface area contributed by atoms with Crippen LogP contribution in [0.5, 0.6) is 5.75 Å². The van der Waals surface area contributed by atoms with E-state index in [0.29, 0.717) is 12.1 Å². The van der Waals surface area contributed by atoms with Gasteiger partial charge < -0.3 is 14.4 Å². The average molecular weight is 306 g/mol. The van der Waals surface area contributed by atoms with Gasteiger partial charge in [0.15, 0.2) is 0 Å². The SMILES string of the molecule is CC1(C)OB(c2cc(F)c(C(F)(F)F)cc2O)OC1(C)C. The Kier molecular flexibility index (Phi) is 3.53. The van der Waals surface area contributed by atoms with Crippen LogP contribution in [0.2, 0.25) is 0 Å². The number of aromatic hydroxyl groups is 1. The molecule has 0 atom stereocenters. The van der Waals surface area contributed by atoms with Crippen LogP contribution in [0.15, 0.2) is 12.1 Å². The van der Waals surface area contributed by atoms with Crippen LogP contribution < -0.4 is 5.46 Å². The van der Waals surface area contributed by atoms with Crippen LogP contribution in [0.3, 0.4) is 0 Å². The largest absolute Gasteiger partial charge is 0.508 e. The van der Waals surface area contributed by atoms with Gasteiger partial charge in [-0.25, -0.2) is 4.39 Å². The third-order valence-electron chi connectivity index (χ3n) is 3.93. The summed E-state index contributed by atoms with van der Waals surface area (Å²) in [5.74, 6) is -2.20. The van der Waals surface area contributed by atoms with Crippen LogP contribution in [0, 0.1) is 5.82 Å². The van der Waals surface area contributed by atoms with Gasteiger partial charge >= 0.3 is 13.3 Å². The second-order valence-corrected chi connectivity index (χ2v) is 5.98. The highest BCUT2D eigenvalue weighted by molar-refractivity contribution is 6.63. The molecule has 1 aromatic carbocycles.